The molecule has 9 nitrogen and oxygen atoms in total. The predicted molar refractivity (Wildman–Crippen MR) is 105 cm³/mol. The molecule has 0 saturated heterocycles. The first kappa shape index (κ1) is 26.1. The van der Waals surface area contributed by atoms with Gasteiger partial charge in [-0.3, -0.25) is 15.4 Å². The third kappa shape index (κ3) is 7.08. The highest BCUT2D eigenvalue weighted by atomic mass is 35.5. The summed E-state index contributed by atoms with van der Waals surface area (Å²) in [6, 6.07) is 0. The minimum Gasteiger partial charge on any atom is -0.480 e. The molecule has 166 valence electrons. The monoisotopic (exact) mass is 500 g/mol. The maximum absolute atomic E-state index is 13.5. The Morgan fingerprint density at radius 3 is 2.03 bits per heavy atom. The average molecular weight is 502 g/mol. The summed E-state index contributed by atoms with van der Waals surface area (Å²) in [6.45, 7) is 0. The second kappa shape index (κ2) is 10.9. The maximum Gasteiger partial charge on any atom is 0.426 e. The molecule has 3 aromatic heterocycles. The zero-order chi connectivity index (χ0) is 22.5. The lowest BCUT2D eigenvalue weighted by molar-refractivity contribution is -0.142. The summed E-state index contributed by atoms with van der Waals surface area (Å²) in [6.07, 6.45) is 0.117. The molecule has 0 aliphatic heterocycles. The number of amidine groups is 1. The highest BCUT2D eigenvalue weighted by Crippen LogP contribution is 2.37. The summed E-state index contributed by atoms with van der Waals surface area (Å²) in [7, 11) is 0.935. The molecule has 3 N–H and O–H groups in total. The van der Waals surface area contributed by atoms with Crippen molar-refractivity contribution in [2.24, 2.45) is 5.73 Å². The Morgan fingerprint density at radius 2 is 1.58 bits per heavy atom. The molecule has 0 unspecified atom stereocenters. The number of nitrogen functional groups attached to an aromatic ring is 1. The predicted octanol–water partition coefficient (Wildman–Crippen LogP) is 3.59. The molecule has 0 aliphatic carbocycles. The molecule has 0 radical (unpaired) electrons. The average Bonchev–Trinajstić information content (AvgIpc) is 2.66. The van der Waals surface area contributed by atoms with Crippen molar-refractivity contribution >= 4 is 41.4 Å². The second-order valence-electron chi connectivity index (χ2n) is 5.09. The van der Waals surface area contributed by atoms with Gasteiger partial charge < -0.3 is 10.5 Å². The maximum atomic E-state index is 13.5. The summed E-state index contributed by atoms with van der Waals surface area (Å²) in [5.41, 5.74) is 3.64. The number of nitrogens with zero attached hydrogens (tertiary/aromatic N) is 6. The number of hydrogen-bond acceptors (Lipinski definition) is 8. The van der Waals surface area contributed by atoms with E-state index >= 15 is 0 Å². The van der Waals surface area contributed by atoms with Crippen molar-refractivity contribution in [1.82, 2.24) is 29.9 Å². The summed E-state index contributed by atoms with van der Waals surface area (Å²) in [5, 5.41) is 7.16. The van der Waals surface area contributed by atoms with Crippen molar-refractivity contribution < 1.29 is 22.3 Å². The van der Waals surface area contributed by atoms with Crippen LogP contribution in [-0.2, 0) is 6.18 Å². The lowest BCUT2D eigenvalue weighted by atomic mass is 10.3. The molecular weight excluding hydrogens is 491 g/mol. The number of rotatable bonds is 3. The van der Waals surface area contributed by atoms with Gasteiger partial charge in [-0.1, -0.05) is 23.2 Å². The van der Waals surface area contributed by atoms with Gasteiger partial charge in [-0.05, 0) is 0 Å². The Bertz CT molecular complexity index is 1070. The van der Waals surface area contributed by atoms with Gasteiger partial charge in [-0.25, -0.2) is 9.97 Å². The quantitative estimate of drug-likeness (QED) is 0.240. The van der Waals surface area contributed by atoms with Gasteiger partial charge in [0.2, 0.25) is 11.8 Å². The third-order valence-corrected chi connectivity index (χ3v) is 3.39. The van der Waals surface area contributed by atoms with Crippen LogP contribution in [0, 0.1) is 11.4 Å². The Labute approximate surface area is 188 Å². The highest BCUT2D eigenvalue weighted by Gasteiger charge is 2.40. The molecule has 0 aromatic carbocycles. The van der Waals surface area contributed by atoms with Gasteiger partial charge >= 0.3 is 6.18 Å². The fourth-order valence-corrected chi connectivity index (χ4v) is 2.13. The lowest BCUT2D eigenvalue weighted by Crippen LogP contribution is -2.14. The van der Waals surface area contributed by atoms with Gasteiger partial charge in [0.15, 0.2) is 11.4 Å². The SMILES string of the molecule is COc1nc(-c2cncc(Cl)n2)nc(F)c1C(F)(F)F.Cl.N=C(N)c1cncc(Cl)n1. The number of ether oxygens (including phenoxy) is 1. The standard InChI is InChI=1S/C10H5ClF4N4O.C5H5ClN4.ClH/c1-20-9-6(10(13,14)15)7(12)18-8(19-9)4-2-16-3-5(11)17-4;6-4-2-9-1-3(10-4)5(7)8;/h2-3H,1H3;1-2H,(H3,7,8);1H. The normalized spacial score (nSPS) is 10.4. The third-order valence-electron chi connectivity index (χ3n) is 3.02. The van der Waals surface area contributed by atoms with Crippen LogP contribution in [0.15, 0.2) is 24.8 Å². The summed E-state index contributed by atoms with van der Waals surface area (Å²) >= 11 is 11.0. The van der Waals surface area contributed by atoms with Crippen LogP contribution in [0.2, 0.25) is 10.3 Å². The molecule has 0 fully saturated rings. The molecule has 0 aliphatic rings. The van der Waals surface area contributed by atoms with Crippen molar-refractivity contribution in [2.75, 3.05) is 7.11 Å². The number of hydrogen-bond donors (Lipinski definition) is 2. The molecule has 0 bridgehead atoms. The molecule has 0 spiro atoms. The van der Waals surface area contributed by atoms with E-state index < -0.39 is 29.4 Å². The molecular formula is C15H11Cl3F4N8O. The Hall–Kier alpha value is -2.90. The van der Waals surface area contributed by atoms with E-state index in [1.807, 2.05) is 0 Å². The summed E-state index contributed by atoms with van der Waals surface area (Å²) in [5.74, 6) is -3.25. The number of halogens is 7. The number of nitrogens with two attached hydrogens (primary N) is 1. The van der Waals surface area contributed by atoms with E-state index in [1.165, 1.54) is 18.6 Å². The largest absolute Gasteiger partial charge is 0.480 e. The van der Waals surface area contributed by atoms with Crippen LogP contribution in [0.4, 0.5) is 17.6 Å². The van der Waals surface area contributed by atoms with Crippen LogP contribution in [0.1, 0.15) is 11.3 Å². The van der Waals surface area contributed by atoms with Gasteiger partial charge in [-0.2, -0.15) is 27.5 Å². The van der Waals surface area contributed by atoms with E-state index in [-0.39, 0.29) is 34.2 Å². The summed E-state index contributed by atoms with van der Waals surface area (Å²) < 4.78 is 55.9. The van der Waals surface area contributed by atoms with Crippen molar-refractivity contribution in [3.63, 3.8) is 0 Å². The number of nitrogens with one attached hydrogen (secondary N) is 1. The fraction of sp³-hybridized carbons (Fsp3) is 0.133. The van der Waals surface area contributed by atoms with Crippen LogP contribution in [-0.4, -0.2) is 42.8 Å². The first-order valence-electron chi connectivity index (χ1n) is 7.51. The van der Waals surface area contributed by atoms with Crippen LogP contribution < -0.4 is 10.5 Å². The summed E-state index contributed by atoms with van der Waals surface area (Å²) in [4.78, 5) is 21.4. The van der Waals surface area contributed by atoms with E-state index in [2.05, 4.69) is 34.6 Å². The van der Waals surface area contributed by atoms with Gasteiger partial charge in [0.1, 0.15) is 27.5 Å². The Morgan fingerprint density at radius 1 is 1.00 bits per heavy atom. The van der Waals surface area contributed by atoms with Crippen LogP contribution >= 0.6 is 35.6 Å². The molecule has 3 aromatic rings. The lowest BCUT2D eigenvalue weighted by Gasteiger charge is -2.12. The molecule has 3 rings (SSSR count). The van der Waals surface area contributed by atoms with Crippen molar-refractivity contribution in [3.05, 3.63) is 52.3 Å². The number of alkyl halides is 3. The van der Waals surface area contributed by atoms with Gasteiger partial charge in [0.25, 0.3) is 0 Å². The van der Waals surface area contributed by atoms with Gasteiger partial charge in [0.05, 0.1) is 31.9 Å². The van der Waals surface area contributed by atoms with Crippen LogP contribution in [0.3, 0.4) is 0 Å². The van der Waals surface area contributed by atoms with Gasteiger partial charge in [0, 0.05) is 0 Å². The molecule has 0 atom stereocenters. The molecule has 3 heterocycles. The van der Waals surface area contributed by atoms with Crippen molar-refractivity contribution in [3.8, 4) is 17.4 Å². The van der Waals surface area contributed by atoms with E-state index in [4.69, 9.17) is 34.3 Å². The fourth-order valence-electron chi connectivity index (χ4n) is 1.84. The van der Waals surface area contributed by atoms with Crippen LogP contribution in [0.5, 0.6) is 5.88 Å². The van der Waals surface area contributed by atoms with Crippen molar-refractivity contribution in [1.29, 1.82) is 5.41 Å². The first-order chi connectivity index (χ1) is 14.0. The van der Waals surface area contributed by atoms with Crippen molar-refractivity contribution in [2.45, 2.75) is 6.18 Å². The zero-order valence-corrected chi connectivity index (χ0v) is 17.5. The van der Waals surface area contributed by atoms with Crippen LogP contribution in [0.25, 0.3) is 11.5 Å². The highest BCUT2D eigenvalue weighted by molar-refractivity contribution is 6.29. The number of methoxy groups -OCH3 is 1. The minimum absolute atomic E-state index is 0. The smallest absolute Gasteiger partial charge is 0.426 e. The zero-order valence-electron chi connectivity index (χ0n) is 15.2. The molecule has 31 heavy (non-hydrogen) atoms. The molecule has 0 saturated carbocycles. The second-order valence-corrected chi connectivity index (χ2v) is 5.86. The first-order valence-corrected chi connectivity index (χ1v) is 8.27. The Balaban J connectivity index is 0.000000370. The number of aromatic nitrogens is 6. The minimum atomic E-state index is -4.98. The molecule has 16 heteroatoms. The van der Waals surface area contributed by atoms with E-state index in [9.17, 15) is 17.6 Å². The van der Waals surface area contributed by atoms with E-state index in [0.29, 0.717) is 5.69 Å². The topological polar surface area (TPSA) is 136 Å². The molecule has 0 amide bonds. The Kier molecular flexibility index (Phi) is 9.21. The van der Waals surface area contributed by atoms with Gasteiger partial charge in [-0.15, -0.1) is 12.4 Å². The van der Waals surface area contributed by atoms with E-state index in [0.717, 1.165) is 13.3 Å². The van der Waals surface area contributed by atoms with E-state index in [1.54, 1.807) is 0 Å².